The van der Waals surface area contributed by atoms with Crippen molar-refractivity contribution in [1.29, 1.82) is 0 Å². The van der Waals surface area contributed by atoms with Gasteiger partial charge in [0.25, 0.3) is 5.91 Å². The van der Waals surface area contributed by atoms with E-state index in [0.717, 1.165) is 24.1 Å². The first-order valence-corrected chi connectivity index (χ1v) is 15.6. The van der Waals surface area contributed by atoms with Crippen LogP contribution in [0.15, 0.2) is 61.1 Å². The zero-order chi connectivity index (χ0) is 33.4. The zero-order valence-corrected chi connectivity index (χ0v) is 26.1. The minimum atomic E-state index is -4.72. The third-order valence-corrected chi connectivity index (χ3v) is 8.57. The molecule has 15 heteroatoms. The van der Waals surface area contributed by atoms with Gasteiger partial charge < -0.3 is 19.4 Å². The van der Waals surface area contributed by atoms with E-state index in [1.54, 1.807) is 30.6 Å². The van der Waals surface area contributed by atoms with E-state index in [1.807, 2.05) is 9.47 Å². The van der Waals surface area contributed by atoms with E-state index in [-0.39, 0.29) is 29.1 Å². The van der Waals surface area contributed by atoms with Crippen LogP contribution in [0.1, 0.15) is 45.0 Å². The van der Waals surface area contributed by atoms with Gasteiger partial charge in [0, 0.05) is 48.7 Å². The van der Waals surface area contributed by atoms with Crippen molar-refractivity contribution in [3.05, 3.63) is 106 Å². The lowest BCUT2D eigenvalue weighted by atomic mass is 10.0. The molecule has 5 aromatic rings. The molecular weight excluding hydrogens is 654 g/mol. The Morgan fingerprint density at radius 1 is 1.15 bits per heavy atom. The Hall–Kier alpha value is -4.66. The van der Waals surface area contributed by atoms with Gasteiger partial charge in [0.1, 0.15) is 29.6 Å². The molecule has 10 nitrogen and oxygen atoms in total. The normalized spacial score (nSPS) is 16.4. The molecule has 7 rings (SSSR count). The summed E-state index contributed by atoms with van der Waals surface area (Å²) in [6.07, 6.45) is 1.22. The number of amides is 1. The highest BCUT2D eigenvalue weighted by molar-refractivity contribution is 6.30. The fraction of sp³-hybridized carbons (Fsp3) is 0.303. The number of ether oxygens (including phenoxy) is 2. The summed E-state index contributed by atoms with van der Waals surface area (Å²) in [6.45, 7) is 1.86. The van der Waals surface area contributed by atoms with Crippen molar-refractivity contribution >= 4 is 34.4 Å². The summed E-state index contributed by atoms with van der Waals surface area (Å²) in [5.74, 6) is -0.613. The number of nitrogens with zero attached hydrogens (tertiary/aromatic N) is 6. The molecule has 2 aliphatic heterocycles. The number of halogens is 5. The fourth-order valence-electron chi connectivity index (χ4n) is 5.71. The molecule has 2 aliphatic rings. The van der Waals surface area contributed by atoms with Crippen LogP contribution in [0.3, 0.4) is 0 Å². The van der Waals surface area contributed by atoms with E-state index >= 15 is 0 Å². The number of aromatic nitrogens is 5. The van der Waals surface area contributed by atoms with Gasteiger partial charge in [-0.05, 0) is 48.7 Å². The largest absolute Gasteiger partial charge is 0.472 e. The number of hydrogen-bond acceptors (Lipinski definition) is 8. The van der Waals surface area contributed by atoms with Crippen molar-refractivity contribution in [2.24, 2.45) is 0 Å². The van der Waals surface area contributed by atoms with Crippen LogP contribution in [-0.2, 0) is 43.6 Å². The molecular formula is C33H28ClF4N7O3. The van der Waals surface area contributed by atoms with Crippen LogP contribution < -0.4 is 10.1 Å². The number of fused-ring (bicyclic) bond motifs is 2. The maximum atomic E-state index is 14.3. The second-order valence-corrected chi connectivity index (χ2v) is 12.0. The lowest BCUT2D eigenvalue weighted by Crippen LogP contribution is -2.34. The number of alkyl halides is 3. The van der Waals surface area contributed by atoms with Crippen LogP contribution >= 0.6 is 11.6 Å². The predicted octanol–water partition coefficient (Wildman–Crippen LogP) is 6.21. The van der Waals surface area contributed by atoms with Crippen molar-refractivity contribution in [2.45, 2.75) is 51.4 Å². The molecule has 0 spiro atoms. The van der Waals surface area contributed by atoms with E-state index < -0.39 is 30.0 Å². The van der Waals surface area contributed by atoms with Gasteiger partial charge in [-0.1, -0.05) is 17.7 Å². The van der Waals surface area contributed by atoms with Crippen molar-refractivity contribution in [3.8, 4) is 5.88 Å². The summed E-state index contributed by atoms with van der Waals surface area (Å²) in [4.78, 5) is 32.3. The van der Waals surface area contributed by atoms with Crippen LogP contribution in [-0.4, -0.2) is 54.6 Å². The Kier molecular flexibility index (Phi) is 8.71. The first-order chi connectivity index (χ1) is 23.1. The number of carbonyl (C=O) groups excluding carboxylic acids is 1. The first-order valence-electron chi connectivity index (χ1n) is 15.2. The fourth-order valence-corrected chi connectivity index (χ4v) is 5.87. The van der Waals surface area contributed by atoms with Crippen LogP contribution in [0.4, 0.5) is 23.4 Å². The van der Waals surface area contributed by atoms with Crippen LogP contribution in [0.5, 0.6) is 5.88 Å². The summed E-state index contributed by atoms with van der Waals surface area (Å²) < 4.78 is 69.6. The number of hydrogen-bond donors (Lipinski definition) is 1. The van der Waals surface area contributed by atoms with Crippen molar-refractivity contribution < 1.29 is 31.8 Å². The number of nitrogens with one attached hydrogen (secondary N) is 1. The molecule has 0 aliphatic carbocycles. The standard InChI is InChI=1S/C33H28ClF4N7O3/c34-22-4-3-21(25(35)11-22)18-48-32-24(33(36,37)38)10-19-5-8-44(16-27(19)42-32)17-30-41-26-12-29(43-31(46)20-2-1-7-39-13-20)40-14-28(26)45(30)15-23-6-9-47-23/h1-4,7,10-14,23H,5-6,8-9,15-18H2,(H,40,43,46)/t23-/m0/s1. The van der Waals surface area contributed by atoms with Gasteiger partial charge in [0.2, 0.25) is 5.88 Å². The number of carbonyl (C=O) groups is 1. The third-order valence-electron chi connectivity index (χ3n) is 8.34. The summed E-state index contributed by atoms with van der Waals surface area (Å²) >= 11 is 5.81. The average molecular weight is 682 g/mol. The minimum absolute atomic E-state index is 0.0147. The summed E-state index contributed by atoms with van der Waals surface area (Å²) in [5.41, 5.74) is 1.72. The molecule has 0 saturated carbocycles. The number of pyridine rings is 3. The second-order valence-electron chi connectivity index (χ2n) is 11.6. The van der Waals surface area contributed by atoms with Crippen molar-refractivity contribution in [2.75, 3.05) is 18.5 Å². The van der Waals surface area contributed by atoms with Crippen LogP contribution in [0, 0.1) is 5.82 Å². The van der Waals surface area contributed by atoms with Gasteiger partial charge in [0.05, 0.1) is 47.7 Å². The minimum Gasteiger partial charge on any atom is -0.472 e. The smallest absolute Gasteiger partial charge is 0.421 e. The number of benzene rings is 1. The van der Waals surface area contributed by atoms with E-state index in [9.17, 15) is 22.4 Å². The topological polar surface area (TPSA) is 107 Å². The zero-order valence-electron chi connectivity index (χ0n) is 25.3. The molecule has 248 valence electrons. The average Bonchev–Trinajstić information content (AvgIpc) is 3.37. The molecule has 1 atom stereocenters. The van der Waals surface area contributed by atoms with Gasteiger partial charge in [-0.3, -0.25) is 14.7 Å². The van der Waals surface area contributed by atoms with Crippen LogP contribution in [0.2, 0.25) is 5.02 Å². The lowest BCUT2D eigenvalue weighted by molar-refractivity contribution is -0.139. The molecule has 1 N–H and O–H groups in total. The Morgan fingerprint density at radius 2 is 2.00 bits per heavy atom. The summed E-state index contributed by atoms with van der Waals surface area (Å²) in [6, 6.07) is 9.96. The maximum Gasteiger partial charge on any atom is 0.421 e. The van der Waals surface area contributed by atoms with Crippen LogP contribution in [0.25, 0.3) is 11.0 Å². The monoisotopic (exact) mass is 681 g/mol. The van der Waals surface area contributed by atoms with Crippen molar-refractivity contribution in [3.63, 3.8) is 0 Å². The van der Waals surface area contributed by atoms with E-state index in [0.29, 0.717) is 66.6 Å². The quantitative estimate of drug-likeness (QED) is 0.183. The molecule has 0 bridgehead atoms. The van der Waals surface area contributed by atoms with Gasteiger partial charge in [0.15, 0.2) is 0 Å². The van der Waals surface area contributed by atoms with E-state index in [4.69, 9.17) is 26.1 Å². The third kappa shape index (κ3) is 6.82. The summed E-state index contributed by atoms with van der Waals surface area (Å²) in [7, 11) is 0. The highest BCUT2D eigenvalue weighted by Crippen LogP contribution is 2.38. The maximum absolute atomic E-state index is 14.3. The summed E-state index contributed by atoms with van der Waals surface area (Å²) in [5, 5.41) is 2.94. The first kappa shape index (κ1) is 31.9. The molecule has 6 heterocycles. The van der Waals surface area contributed by atoms with Crippen molar-refractivity contribution in [1.82, 2.24) is 29.4 Å². The highest BCUT2D eigenvalue weighted by atomic mass is 35.5. The van der Waals surface area contributed by atoms with E-state index in [1.165, 1.54) is 18.3 Å². The Bertz CT molecular complexity index is 1990. The SMILES string of the molecule is O=C(Nc1cc2nc(CN3CCc4cc(C(F)(F)F)c(OCc5ccc(Cl)cc5F)nc4C3)n(C[C@@H]3CCO3)c2cn1)c1cccnc1. The molecule has 0 radical (unpaired) electrons. The highest BCUT2D eigenvalue weighted by Gasteiger charge is 2.37. The molecule has 1 saturated heterocycles. The molecule has 48 heavy (non-hydrogen) atoms. The van der Waals surface area contributed by atoms with Gasteiger partial charge in [-0.2, -0.15) is 13.2 Å². The number of rotatable bonds is 9. The molecule has 1 aromatic carbocycles. The predicted molar refractivity (Wildman–Crippen MR) is 167 cm³/mol. The van der Waals surface area contributed by atoms with E-state index in [2.05, 4.69) is 20.3 Å². The molecule has 4 aromatic heterocycles. The van der Waals surface area contributed by atoms with Gasteiger partial charge >= 0.3 is 6.18 Å². The second kappa shape index (κ2) is 13.1. The number of imidazole rings is 1. The molecule has 1 amide bonds. The Morgan fingerprint density at radius 3 is 2.73 bits per heavy atom. The molecule has 1 fully saturated rings. The Balaban J connectivity index is 1.13. The number of anilines is 1. The van der Waals surface area contributed by atoms with Gasteiger partial charge in [-0.25, -0.2) is 19.3 Å². The Labute approximate surface area is 276 Å². The molecule has 0 unspecified atom stereocenters. The van der Waals surface area contributed by atoms with Gasteiger partial charge in [-0.15, -0.1) is 0 Å². The lowest BCUT2D eigenvalue weighted by Gasteiger charge is -2.30.